The monoisotopic (exact) mass is 284 g/mol. The Hall–Kier alpha value is -1.43. The molecule has 0 amide bonds. The average molecular weight is 284 g/mol. The summed E-state index contributed by atoms with van der Waals surface area (Å²) in [4.78, 5) is 4.27. The number of benzene rings is 1. The molecule has 104 valence electrons. The number of halogens is 1. The highest BCUT2D eigenvalue weighted by molar-refractivity contribution is 7.93. The normalized spacial score (nSPS) is 28.7. The van der Waals surface area contributed by atoms with E-state index in [0.717, 1.165) is 0 Å². The van der Waals surface area contributed by atoms with E-state index in [1.807, 2.05) is 0 Å². The third-order valence-electron chi connectivity index (χ3n) is 3.69. The molecule has 1 aromatic carbocycles. The van der Waals surface area contributed by atoms with Crippen molar-refractivity contribution in [2.24, 2.45) is 10.7 Å². The van der Waals surface area contributed by atoms with Crippen LogP contribution in [-0.2, 0) is 15.4 Å². The van der Waals surface area contributed by atoms with Crippen molar-refractivity contribution in [2.45, 2.75) is 31.1 Å². The van der Waals surface area contributed by atoms with Crippen LogP contribution in [0.2, 0.25) is 0 Å². The number of nitrogens with two attached hydrogens (primary N) is 1. The molecule has 1 heterocycles. The van der Waals surface area contributed by atoms with Gasteiger partial charge in [0.1, 0.15) is 21.9 Å². The van der Waals surface area contributed by atoms with Crippen molar-refractivity contribution in [3.05, 3.63) is 35.6 Å². The fourth-order valence-electron chi connectivity index (χ4n) is 2.18. The molecule has 0 fully saturated rings. The number of amidine groups is 1. The van der Waals surface area contributed by atoms with Crippen LogP contribution in [0, 0.1) is 5.82 Å². The highest BCUT2D eigenvalue weighted by Gasteiger charge is 2.49. The standard InChI is InChI=1S/C13H17FN2O2S/c1-12(2)11(15)16-13(3,8-19(12,17)18)9-6-4-5-7-10(9)14/h4-7H,8H2,1-3H3,(H2,15,16). The summed E-state index contributed by atoms with van der Waals surface area (Å²) in [5, 5.41) is 0. The SMILES string of the molecule is CC1(c2ccccc2F)CS(=O)(=O)C(C)(C)C(N)=N1. The highest BCUT2D eigenvalue weighted by Crippen LogP contribution is 2.37. The molecule has 0 spiro atoms. The first-order valence-electron chi connectivity index (χ1n) is 5.93. The minimum atomic E-state index is -3.51. The minimum absolute atomic E-state index is 0.0181. The Balaban J connectivity index is 2.66. The summed E-state index contributed by atoms with van der Waals surface area (Å²) < 4.78 is 37.3. The van der Waals surface area contributed by atoms with Gasteiger partial charge in [-0.3, -0.25) is 4.99 Å². The van der Waals surface area contributed by atoms with Crippen LogP contribution < -0.4 is 5.73 Å². The van der Waals surface area contributed by atoms with E-state index in [9.17, 15) is 12.8 Å². The topological polar surface area (TPSA) is 72.5 Å². The van der Waals surface area contributed by atoms with Gasteiger partial charge in [0.15, 0.2) is 9.84 Å². The molecule has 0 bridgehead atoms. The van der Waals surface area contributed by atoms with Crippen molar-refractivity contribution in [1.82, 2.24) is 0 Å². The van der Waals surface area contributed by atoms with Crippen molar-refractivity contribution in [1.29, 1.82) is 0 Å². The van der Waals surface area contributed by atoms with Crippen molar-refractivity contribution >= 4 is 15.7 Å². The smallest absolute Gasteiger partial charge is 0.165 e. The van der Waals surface area contributed by atoms with Gasteiger partial charge in [0, 0.05) is 5.56 Å². The van der Waals surface area contributed by atoms with Gasteiger partial charge in [-0.15, -0.1) is 0 Å². The van der Waals surface area contributed by atoms with Gasteiger partial charge in [-0.1, -0.05) is 18.2 Å². The van der Waals surface area contributed by atoms with E-state index in [4.69, 9.17) is 5.73 Å². The van der Waals surface area contributed by atoms with Crippen molar-refractivity contribution in [3.63, 3.8) is 0 Å². The Bertz CT molecular complexity index is 652. The van der Waals surface area contributed by atoms with Crippen molar-refractivity contribution in [2.75, 3.05) is 5.75 Å². The van der Waals surface area contributed by atoms with E-state index in [-0.39, 0.29) is 17.2 Å². The van der Waals surface area contributed by atoms with Crippen LogP contribution in [0.15, 0.2) is 29.3 Å². The maximum atomic E-state index is 13.9. The molecule has 6 heteroatoms. The van der Waals surface area contributed by atoms with Crippen LogP contribution in [0.25, 0.3) is 0 Å². The van der Waals surface area contributed by atoms with Gasteiger partial charge >= 0.3 is 0 Å². The Morgan fingerprint density at radius 2 is 1.84 bits per heavy atom. The van der Waals surface area contributed by atoms with E-state index < -0.39 is 25.9 Å². The molecular formula is C13H17FN2O2S. The molecule has 0 saturated carbocycles. The molecular weight excluding hydrogens is 267 g/mol. The summed E-state index contributed by atoms with van der Waals surface area (Å²) in [6.07, 6.45) is 0. The van der Waals surface area contributed by atoms with Gasteiger partial charge < -0.3 is 5.73 Å². The molecule has 1 aliphatic rings. The van der Waals surface area contributed by atoms with Crippen molar-refractivity contribution < 1.29 is 12.8 Å². The zero-order valence-corrected chi connectivity index (χ0v) is 12.0. The second-order valence-corrected chi connectivity index (χ2v) is 8.06. The van der Waals surface area contributed by atoms with Gasteiger partial charge in [-0.2, -0.15) is 0 Å². The first kappa shape index (κ1) is 14.0. The molecule has 1 aromatic rings. The Morgan fingerprint density at radius 1 is 1.26 bits per heavy atom. The third kappa shape index (κ3) is 2.04. The number of aliphatic imine (C=N–C) groups is 1. The van der Waals surface area contributed by atoms with Crippen LogP contribution in [0.4, 0.5) is 4.39 Å². The maximum absolute atomic E-state index is 13.9. The summed E-state index contributed by atoms with van der Waals surface area (Å²) in [6, 6.07) is 6.04. The van der Waals surface area contributed by atoms with Crippen LogP contribution in [0.1, 0.15) is 26.3 Å². The van der Waals surface area contributed by atoms with E-state index in [1.54, 1.807) is 25.1 Å². The number of rotatable bonds is 1. The first-order valence-corrected chi connectivity index (χ1v) is 7.58. The zero-order valence-electron chi connectivity index (χ0n) is 11.1. The quantitative estimate of drug-likeness (QED) is 0.851. The van der Waals surface area contributed by atoms with Crippen LogP contribution >= 0.6 is 0 Å². The van der Waals surface area contributed by atoms with Crippen LogP contribution in [0.3, 0.4) is 0 Å². The Labute approximate surface area is 112 Å². The van der Waals surface area contributed by atoms with Gasteiger partial charge in [0.25, 0.3) is 0 Å². The van der Waals surface area contributed by atoms with E-state index >= 15 is 0 Å². The van der Waals surface area contributed by atoms with Gasteiger partial charge in [-0.05, 0) is 26.8 Å². The van der Waals surface area contributed by atoms with Crippen molar-refractivity contribution in [3.8, 4) is 0 Å². The fraction of sp³-hybridized carbons (Fsp3) is 0.462. The lowest BCUT2D eigenvalue weighted by molar-refractivity contribution is 0.475. The highest BCUT2D eigenvalue weighted by atomic mass is 32.2. The molecule has 0 radical (unpaired) electrons. The lowest BCUT2D eigenvalue weighted by Gasteiger charge is -2.37. The van der Waals surface area contributed by atoms with Crippen LogP contribution in [-0.4, -0.2) is 24.8 Å². The molecule has 19 heavy (non-hydrogen) atoms. The Kier molecular flexibility index (Phi) is 2.97. The molecule has 1 atom stereocenters. The number of sulfone groups is 1. The summed E-state index contributed by atoms with van der Waals surface area (Å²) in [5.41, 5.74) is 4.87. The first-order chi connectivity index (χ1) is 8.60. The molecule has 1 unspecified atom stereocenters. The number of hydrogen-bond donors (Lipinski definition) is 1. The van der Waals surface area contributed by atoms with Gasteiger partial charge in [0.05, 0.1) is 5.75 Å². The molecule has 2 N–H and O–H groups in total. The fourth-order valence-corrected chi connectivity index (χ4v) is 3.86. The summed E-state index contributed by atoms with van der Waals surface area (Å²) in [6.45, 7) is 4.62. The van der Waals surface area contributed by atoms with Gasteiger partial charge in [0.2, 0.25) is 0 Å². The van der Waals surface area contributed by atoms with E-state index in [2.05, 4.69) is 4.99 Å². The van der Waals surface area contributed by atoms with Gasteiger partial charge in [-0.25, -0.2) is 12.8 Å². The number of nitrogens with zero attached hydrogens (tertiary/aromatic N) is 1. The largest absolute Gasteiger partial charge is 0.386 e. The Morgan fingerprint density at radius 3 is 2.37 bits per heavy atom. The predicted octanol–water partition coefficient (Wildman–Crippen LogP) is 1.61. The lowest BCUT2D eigenvalue weighted by atomic mass is 9.93. The third-order valence-corrected chi connectivity index (χ3v) is 6.39. The predicted molar refractivity (Wildman–Crippen MR) is 73.2 cm³/mol. The summed E-state index contributed by atoms with van der Waals surface area (Å²) >= 11 is 0. The summed E-state index contributed by atoms with van der Waals surface area (Å²) in [7, 11) is -3.51. The summed E-state index contributed by atoms with van der Waals surface area (Å²) in [5.74, 6) is -0.713. The molecule has 0 saturated heterocycles. The second kappa shape index (κ2) is 4.03. The molecule has 1 aliphatic heterocycles. The minimum Gasteiger partial charge on any atom is -0.386 e. The maximum Gasteiger partial charge on any atom is 0.165 e. The molecule has 0 aliphatic carbocycles. The average Bonchev–Trinajstić information content (AvgIpc) is 2.26. The van der Waals surface area contributed by atoms with E-state index in [0.29, 0.717) is 0 Å². The lowest BCUT2D eigenvalue weighted by Crippen LogP contribution is -2.54. The molecule has 4 nitrogen and oxygen atoms in total. The zero-order chi connectivity index (χ0) is 14.5. The molecule has 0 aromatic heterocycles. The van der Waals surface area contributed by atoms with Crippen LogP contribution in [0.5, 0.6) is 0 Å². The second-order valence-electron chi connectivity index (χ2n) is 5.52. The van der Waals surface area contributed by atoms with E-state index in [1.165, 1.54) is 19.9 Å². The number of hydrogen-bond acceptors (Lipinski definition) is 4. The molecule has 2 rings (SSSR count).